The molecule has 0 aliphatic carbocycles. The maximum absolute atomic E-state index is 12.0. The van der Waals surface area contributed by atoms with Crippen LogP contribution in [0.15, 0.2) is 53.3 Å². The van der Waals surface area contributed by atoms with Gasteiger partial charge in [-0.05, 0) is 12.5 Å². The van der Waals surface area contributed by atoms with Crippen molar-refractivity contribution >= 4 is 5.91 Å². The number of rotatable bonds is 5. The molecule has 0 radical (unpaired) electrons. The molecule has 112 valence electrons. The first-order chi connectivity index (χ1) is 10.7. The predicted octanol–water partition coefficient (Wildman–Crippen LogP) is 2.28. The first kappa shape index (κ1) is 14.1. The molecule has 3 aromatic rings. The molecule has 2 heterocycles. The minimum Gasteiger partial charge on any atom is -0.355 e. The lowest BCUT2D eigenvalue weighted by atomic mass is 10.1. The number of benzene rings is 1. The van der Waals surface area contributed by atoms with Crippen molar-refractivity contribution in [2.45, 2.75) is 13.5 Å². The quantitative estimate of drug-likeness (QED) is 0.784. The summed E-state index contributed by atoms with van der Waals surface area (Å²) in [5, 5.41) is 10.8. The van der Waals surface area contributed by atoms with Gasteiger partial charge in [0.1, 0.15) is 0 Å². The predicted molar refractivity (Wildman–Crippen MR) is 81.2 cm³/mol. The van der Waals surface area contributed by atoms with E-state index in [2.05, 4.69) is 15.6 Å². The lowest BCUT2D eigenvalue weighted by molar-refractivity contribution is 0.0943. The van der Waals surface area contributed by atoms with Gasteiger partial charge in [-0.1, -0.05) is 35.5 Å². The highest BCUT2D eigenvalue weighted by Crippen LogP contribution is 2.19. The van der Waals surface area contributed by atoms with Crippen molar-refractivity contribution in [2.75, 3.05) is 6.54 Å². The van der Waals surface area contributed by atoms with Crippen molar-refractivity contribution in [3.63, 3.8) is 0 Å². The van der Waals surface area contributed by atoms with Gasteiger partial charge in [0.05, 0.1) is 12.7 Å². The first-order valence-corrected chi connectivity index (χ1v) is 7.02. The number of amides is 1. The Morgan fingerprint density at radius 1 is 1.32 bits per heavy atom. The summed E-state index contributed by atoms with van der Waals surface area (Å²) in [5.41, 5.74) is 2.26. The smallest absolute Gasteiger partial charge is 0.273 e. The molecular formula is C16H16N4O2. The van der Waals surface area contributed by atoms with Crippen LogP contribution in [0.25, 0.3) is 11.3 Å². The Balaban J connectivity index is 1.58. The summed E-state index contributed by atoms with van der Waals surface area (Å²) in [7, 11) is 0. The van der Waals surface area contributed by atoms with Crippen molar-refractivity contribution in [1.82, 2.24) is 20.3 Å². The Kier molecular flexibility index (Phi) is 4.00. The molecule has 1 amide bonds. The number of carbonyl (C=O) groups excluding carboxylic acids is 1. The Bertz CT molecular complexity index is 761. The molecule has 0 fully saturated rings. The molecule has 1 N–H and O–H groups in total. The summed E-state index contributed by atoms with van der Waals surface area (Å²) >= 11 is 0. The molecular weight excluding hydrogens is 280 g/mol. The van der Waals surface area contributed by atoms with E-state index in [1.54, 1.807) is 16.9 Å². The van der Waals surface area contributed by atoms with Crippen molar-refractivity contribution in [2.24, 2.45) is 0 Å². The van der Waals surface area contributed by atoms with E-state index < -0.39 is 0 Å². The molecule has 0 atom stereocenters. The minimum atomic E-state index is -0.255. The molecule has 6 heteroatoms. The van der Waals surface area contributed by atoms with Crippen LogP contribution in [0.3, 0.4) is 0 Å². The third kappa shape index (κ3) is 3.22. The van der Waals surface area contributed by atoms with Gasteiger partial charge in [-0.25, -0.2) is 0 Å². The number of nitrogens with one attached hydrogen (secondary N) is 1. The molecule has 3 rings (SSSR count). The summed E-state index contributed by atoms with van der Waals surface area (Å²) in [6, 6.07) is 11.2. The average molecular weight is 296 g/mol. The topological polar surface area (TPSA) is 73.0 Å². The fourth-order valence-electron chi connectivity index (χ4n) is 2.08. The molecule has 0 saturated heterocycles. The van der Waals surface area contributed by atoms with E-state index >= 15 is 0 Å². The second-order valence-corrected chi connectivity index (χ2v) is 4.98. The Morgan fingerprint density at radius 3 is 2.86 bits per heavy atom. The second kappa shape index (κ2) is 6.26. The van der Waals surface area contributed by atoms with Crippen LogP contribution in [-0.2, 0) is 6.54 Å². The van der Waals surface area contributed by atoms with Crippen molar-refractivity contribution < 1.29 is 9.32 Å². The summed E-state index contributed by atoms with van der Waals surface area (Å²) in [6.07, 6.45) is 3.71. The average Bonchev–Trinajstić information content (AvgIpc) is 3.17. The highest BCUT2D eigenvalue weighted by molar-refractivity contribution is 5.93. The molecule has 0 saturated carbocycles. The summed E-state index contributed by atoms with van der Waals surface area (Å²) < 4.78 is 7.00. The zero-order chi connectivity index (χ0) is 15.4. The Labute approximate surface area is 127 Å². The van der Waals surface area contributed by atoms with Crippen LogP contribution in [0.1, 0.15) is 16.1 Å². The van der Waals surface area contributed by atoms with Gasteiger partial charge in [0.25, 0.3) is 5.91 Å². The first-order valence-electron chi connectivity index (χ1n) is 7.02. The molecule has 22 heavy (non-hydrogen) atoms. The third-order valence-electron chi connectivity index (χ3n) is 3.19. The maximum atomic E-state index is 12.0. The summed E-state index contributed by atoms with van der Waals surface area (Å²) in [6.45, 7) is 3.07. The van der Waals surface area contributed by atoms with E-state index in [4.69, 9.17) is 4.52 Å². The zero-order valence-corrected chi connectivity index (χ0v) is 12.2. The van der Waals surface area contributed by atoms with Crippen molar-refractivity contribution in [1.29, 1.82) is 0 Å². The number of aromatic nitrogens is 3. The fraction of sp³-hybridized carbons (Fsp3) is 0.188. The monoisotopic (exact) mass is 296 g/mol. The largest absolute Gasteiger partial charge is 0.355 e. The van der Waals surface area contributed by atoms with Crippen LogP contribution in [0.5, 0.6) is 0 Å². The lowest BCUT2D eigenvalue weighted by Gasteiger charge is -2.02. The van der Waals surface area contributed by atoms with Gasteiger partial charge in [-0.2, -0.15) is 5.10 Å². The maximum Gasteiger partial charge on any atom is 0.273 e. The Morgan fingerprint density at radius 2 is 2.14 bits per heavy atom. The SMILES string of the molecule is Cc1cnn(CCNC(=O)c2cc(-c3ccccc3)on2)c1. The van der Waals surface area contributed by atoms with E-state index in [0.717, 1.165) is 11.1 Å². The van der Waals surface area contributed by atoms with E-state index in [1.807, 2.05) is 43.5 Å². The van der Waals surface area contributed by atoms with E-state index in [-0.39, 0.29) is 11.6 Å². The lowest BCUT2D eigenvalue weighted by Crippen LogP contribution is -2.27. The molecule has 2 aromatic heterocycles. The standard InChI is InChI=1S/C16H16N4O2/c1-12-10-18-20(11-12)8-7-17-16(21)14-9-15(22-19-14)13-5-3-2-4-6-13/h2-6,9-11H,7-8H2,1H3,(H,17,21). The van der Waals surface area contributed by atoms with Gasteiger partial charge in [-0.15, -0.1) is 0 Å². The second-order valence-electron chi connectivity index (χ2n) is 4.98. The van der Waals surface area contributed by atoms with Gasteiger partial charge in [0.2, 0.25) is 0 Å². The minimum absolute atomic E-state index is 0.255. The number of carbonyl (C=O) groups is 1. The van der Waals surface area contributed by atoms with Crippen LogP contribution < -0.4 is 5.32 Å². The normalized spacial score (nSPS) is 10.6. The van der Waals surface area contributed by atoms with Crippen LogP contribution in [0.2, 0.25) is 0 Å². The number of nitrogens with zero attached hydrogens (tertiary/aromatic N) is 3. The fourth-order valence-corrected chi connectivity index (χ4v) is 2.08. The molecule has 0 unspecified atom stereocenters. The molecule has 1 aromatic carbocycles. The summed E-state index contributed by atoms with van der Waals surface area (Å²) in [4.78, 5) is 12.0. The van der Waals surface area contributed by atoms with Crippen LogP contribution >= 0.6 is 0 Å². The molecule has 0 spiro atoms. The van der Waals surface area contributed by atoms with Crippen molar-refractivity contribution in [3.8, 4) is 11.3 Å². The molecule has 0 aliphatic rings. The molecule has 0 bridgehead atoms. The van der Waals surface area contributed by atoms with Crippen LogP contribution in [0, 0.1) is 6.92 Å². The number of hydrogen-bond acceptors (Lipinski definition) is 4. The van der Waals surface area contributed by atoms with Crippen LogP contribution in [-0.4, -0.2) is 27.4 Å². The highest BCUT2D eigenvalue weighted by atomic mass is 16.5. The molecule has 6 nitrogen and oxygen atoms in total. The van der Waals surface area contributed by atoms with Gasteiger partial charge >= 0.3 is 0 Å². The number of hydrogen-bond donors (Lipinski definition) is 1. The molecule has 0 aliphatic heterocycles. The van der Waals surface area contributed by atoms with Gasteiger partial charge in [-0.3, -0.25) is 9.48 Å². The van der Waals surface area contributed by atoms with Gasteiger partial charge in [0, 0.05) is 24.4 Å². The highest BCUT2D eigenvalue weighted by Gasteiger charge is 2.13. The zero-order valence-electron chi connectivity index (χ0n) is 12.2. The third-order valence-corrected chi connectivity index (χ3v) is 3.19. The Hall–Kier alpha value is -2.89. The summed E-state index contributed by atoms with van der Waals surface area (Å²) in [5.74, 6) is 0.322. The van der Waals surface area contributed by atoms with E-state index in [0.29, 0.717) is 18.8 Å². The van der Waals surface area contributed by atoms with Crippen LogP contribution in [0.4, 0.5) is 0 Å². The number of aryl methyl sites for hydroxylation is 1. The van der Waals surface area contributed by atoms with Gasteiger partial charge < -0.3 is 9.84 Å². The van der Waals surface area contributed by atoms with E-state index in [9.17, 15) is 4.79 Å². The van der Waals surface area contributed by atoms with Crippen molar-refractivity contribution in [3.05, 3.63) is 60.0 Å². The van der Waals surface area contributed by atoms with E-state index in [1.165, 1.54) is 0 Å². The van der Waals surface area contributed by atoms with Gasteiger partial charge in [0.15, 0.2) is 11.5 Å².